The molecule has 0 radical (unpaired) electrons. The fourth-order valence-corrected chi connectivity index (χ4v) is 3.88. The van der Waals surface area contributed by atoms with Crippen LogP contribution in [0.2, 0.25) is 0 Å². The SMILES string of the molecule is Cc1ccc(/C=C(\C#N)c2nc(C(c3ccccc3)c3ccccc3)no2)s1. The average Bonchev–Trinajstić information content (AvgIpc) is 3.37. The van der Waals surface area contributed by atoms with Crippen molar-refractivity contribution in [2.24, 2.45) is 0 Å². The average molecular weight is 383 g/mol. The van der Waals surface area contributed by atoms with Gasteiger partial charge in [-0.25, -0.2) is 0 Å². The molecule has 0 saturated carbocycles. The Hall–Kier alpha value is -3.49. The Bertz CT molecular complexity index is 1100. The van der Waals surface area contributed by atoms with Crippen molar-refractivity contribution in [3.63, 3.8) is 0 Å². The van der Waals surface area contributed by atoms with E-state index in [1.807, 2.05) is 79.7 Å². The summed E-state index contributed by atoms with van der Waals surface area (Å²) in [6.07, 6.45) is 1.79. The van der Waals surface area contributed by atoms with Crippen LogP contribution in [0.1, 0.15) is 38.5 Å². The molecule has 0 atom stereocenters. The second kappa shape index (κ2) is 8.03. The molecule has 28 heavy (non-hydrogen) atoms. The summed E-state index contributed by atoms with van der Waals surface area (Å²) in [5.74, 6) is 0.611. The second-order valence-corrected chi connectivity index (χ2v) is 7.65. The van der Waals surface area contributed by atoms with Crippen LogP contribution >= 0.6 is 11.3 Å². The maximum atomic E-state index is 9.59. The van der Waals surface area contributed by atoms with E-state index >= 15 is 0 Å². The first-order chi connectivity index (χ1) is 13.7. The third-order valence-corrected chi connectivity index (χ3v) is 5.31. The van der Waals surface area contributed by atoms with E-state index in [9.17, 15) is 5.26 Å². The highest BCUT2D eigenvalue weighted by atomic mass is 32.1. The molecule has 0 spiro atoms. The van der Waals surface area contributed by atoms with Crippen LogP contribution < -0.4 is 0 Å². The van der Waals surface area contributed by atoms with Crippen molar-refractivity contribution in [3.8, 4) is 6.07 Å². The number of nitriles is 1. The van der Waals surface area contributed by atoms with Crippen molar-refractivity contribution in [2.45, 2.75) is 12.8 Å². The Morgan fingerprint density at radius 2 is 1.64 bits per heavy atom. The Kier molecular flexibility index (Phi) is 5.14. The van der Waals surface area contributed by atoms with E-state index in [-0.39, 0.29) is 11.8 Å². The van der Waals surface area contributed by atoms with Crippen LogP contribution in [-0.4, -0.2) is 10.1 Å². The van der Waals surface area contributed by atoms with Crippen LogP contribution in [0, 0.1) is 18.3 Å². The molecule has 0 N–H and O–H groups in total. The number of allylic oxidation sites excluding steroid dienone is 1. The summed E-state index contributed by atoms with van der Waals surface area (Å²) in [6.45, 7) is 2.03. The third kappa shape index (κ3) is 3.78. The molecule has 5 heteroatoms. The van der Waals surface area contributed by atoms with Gasteiger partial charge in [0.1, 0.15) is 11.6 Å². The van der Waals surface area contributed by atoms with Gasteiger partial charge in [0.05, 0.1) is 5.92 Å². The number of benzene rings is 2. The molecule has 4 rings (SSSR count). The Morgan fingerprint density at radius 3 is 2.18 bits per heavy atom. The zero-order chi connectivity index (χ0) is 19.3. The first-order valence-corrected chi connectivity index (χ1v) is 9.68. The summed E-state index contributed by atoms with van der Waals surface area (Å²) < 4.78 is 5.47. The van der Waals surface area contributed by atoms with E-state index < -0.39 is 0 Å². The summed E-state index contributed by atoms with van der Waals surface area (Å²) >= 11 is 1.62. The zero-order valence-corrected chi connectivity index (χ0v) is 16.1. The molecule has 0 bridgehead atoms. The van der Waals surface area contributed by atoms with Crippen LogP contribution in [0.25, 0.3) is 11.6 Å². The molecule has 4 aromatic rings. The van der Waals surface area contributed by atoms with Crippen molar-refractivity contribution in [1.82, 2.24) is 10.1 Å². The van der Waals surface area contributed by atoms with Crippen molar-refractivity contribution in [1.29, 1.82) is 5.26 Å². The van der Waals surface area contributed by atoms with E-state index in [0.29, 0.717) is 11.4 Å². The molecular weight excluding hydrogens is 366 g/mol. The van der Waals surface area contributed by atoms with Crippen LogP contribution in [0.4, 0.5) is 0 Å². The smallest absolute Gasteiger partial charge is 0.268 e. The fourth-order valence-electron chi connectivity index (χ4n) is 3.06. The van der Waals surface area contributed by atoms with Crippen LogP contribution in [0.5, 0.6) is 0 Å². The molecule has 2 aromatic carbocycles. The lowest BCUT2D eigenvalue weighted by Gasteiger charge is -2.13. The minimum atomic E-state index is -0.163. The van der Waals surface area contributed by atoms with Crippen molar-refractivity contribution >= 4 is 23.0 Å². The number of hydrogen-bond acceptors (Lipinski definition) is 5. The zero-order valence-electron chi connectivity index (χ0n) is 15.2. The van der Waals surface area contributed by atoms with Crippen LogP contribution in [0.3, 0.4) is 0 Å². The highest BCUT2D eigenvalue weighted by Crippen LogP contribution is 2.31. The molecule has 0 aliphatic heterocycles. The molecule has 0 unspecified atom stereocenters. The second-order valence-electron chi connectivity index (χ2n) is 6.33. The largest absolute Gasteiger partial charge is 0.333 e. The summed E-state index contributed by atoms with van der Waals surface area (Å²) in [4.78, 5) is 6.74. The predicted molar refractivity (Wildman–Crippen MR) is 111 cm³/mol. The molecule has 0 saturated heterocycles. The summed E-state index contributed by atoms with van der Waals surface area (Å²) in [6, 6.07) is 26.3. The lowest BCUT2D eigenvalue weighted by molar-refractivity contribution is 0.401. The normalized spacial score (nSPS) is 11.5. The molecule has 2 heterocycles. The summed E-state index contributed by atoms with van der Waals surface area (Å²) in [7, 11) is 0. The van der Waals surface area contributed by atoms with Gasteiger partial charge in [0.25, 0.3) is 5.89 Å². The highest BCUT2D eigenvalue weighted by molar-refractivity contribution is 7.12. The van der Waals surface area contributed by atoms with E-state index in [1.165, 1.54) is 4.88 Å². The molecule has 136 valence electrons. The van der Waals surface area contributed by atoms with Gasteiger partial charge >= 0.3 is 0 Å². The van der Waals surface area contributed by atoms with Gasteiger partial charge < -0.3 is 4.52 Å². The van der Waals surface area contributed by atoms with Gasteiger partial charge in [0, 0.05) is 9.75 Å². The van der Waals surface area contributed by atoms with Gasteiger partial charge in [0.15, 0.2) is 5.82 Å². The number of nitrogens with zero attached hydrogens (tertiary/aromatic N) is 3. The van der Waals surface area contributed by atoms with E-state index in [2.05, 4.69) is 16.2 Å². The van der Waals surface area contributed by atoms with Crippen molar-refractivity contribution in [2.75, 3.05) is 0 Å². The maximum absolute atomic E-state index is 9.59. The Balaban J connectivity index is 1.75. The first-order valence-electron chi connectivity index (χ1n) is 8.86. The monoisotopic (exact) mass is 383 g/mol. The molecule has 0 aliphatic carbocycles. The highest BCUT2D eigenvalue weighted by Gasteiger charge is 2.23. The third-order valence-electron chi connectivity index (χ3n) is 4.36. The predicted octanol–water partition coefficient (Wildman–Crippen LogP) is 5.68. The van der Waals surface area contributed by atoms with Crippen molar-refractivity contribution < 1.29 is 4.52 Å². The summed E-state index contributed by atoms with van der Waals surface area (Å²) in [5, 5.41) is 13.8. The molecular formula is C23H17N3OS. The Morgan fingerprint density at radius 1 is 1.00 bits per heavy atom. The quantitative estimate of drug-likeness (QED) is 0.416. The number of thiophene rings is 1. The minimum absolute atomic E-state index is 0.163. The standard InChI is InChI=1S/C23H17N3OS/c1-16-12-13-20(28-16)14-19(15-24)23-25-22(26-27-23)21(17-8-4-2-5-9-17)18-10-6-3-7-11-18/h2-14,21H,1H3/b19-14+. The molecule has 0 fully saturated rings. The van der Waals surface area contributed by atoms with Gasteiger partial charge in [-0.05, 0) is 36.3 Å². The number of hydrogen-bond donors (Lipinski definition) is 0. The molecule has 0 amide bonds. The number of aryl methyl sites for hydroxylation is 1. The van der Waals surface area contributed by atoms with Gasteiger partial charge in [-0.1, -0.05) is 65.8 Å². The minimum Gasteiger partial charge on any atom is -0.333 e. The molecule has 0 aliphatic rings. The van der Waals surface area contributed by atoms with Gasteiger partial charge in [0.2, 0.25) is 0 Å². The van der Waals surface area contributed by atoms with Crippen LogP contribution in [-0.2, 0) is 0 Å². The van der Waals surface area contributed by atoms with Gasteiger partial charge in [-0.15, -0.1) is 11.3 Å². The van der Waals surface area contributed by atoms with E-state index in [4.69, 9.17) is 4.52 Å². The number of aromatic nitrogens is 2. The lowest BCUT2D eigenvalue weighted by atomic mass is 9.91. The fraction of sp³-hybridized carbons (Fsp3) is 0.0870. The Labute approximate surface area is 167 Å². The van der Waals surface area contributed by atoms with Crippen LogP contribution in [0.15, 0.2) is 77.3 Å². The van der Waals surface area contributed by atoms with Gasteiger partial charge in [-0.3, -0.25) is 0 Å². The molecule has 4 nitrogen and oxygen atoms in total. The number of rotatable bonds is 5. The van der Waals surface area contributed by atoms with Crippen molar-refractivity contribution in [3.05, 3.63) is 105 Å². The lowest BCUT2D eigenvalue weighted by Crippen LogP contribution is -2.05. The first kappa shape index (κ1) is 17.9. The van der Waals surface area contributed by atoms with E-state index in [1.54, 1.807) is 17.4 Å². The van der Waals surface area contributed by atoms with Gasteiger partial charge in [-0.2, -0.15) is 10.2 Å². The van der Waals surface area contributed by atoms with E-state index in [0.717, 1.165) is 16.0 Å². The maximum Gasteiger partial charge on any atom is 0.268 e. The molecule has 2 aromatic heterocycles. The summed E-state index contributed by atoms with van der Waals surface area (Å²) in [5.41, 5.74) is 2.50. The topological polar surface area (TPSA) is 62.7 Å².